The molecule has 5 rings (SSSR count). The van der Waals surface area contributed by atoms with Crippen LogP contribution in [-0.4, -0.2) is 0 Å². The van der Waals surface area contributed by atoms with Gasteiger partial charge in [-0.15, -0.1) is 0 Å². The molecular weight excluding hydrogens is 352 g/mol. The topological polar surface area (TPSA) is 9.23 Å². The van der Waals surface area contributed by atoms with Gasteiger partial charge in [0.1, 0.15) is 0 Å². The Morgan fingerprint density at radius 2 is 1.17 bits per heavy atom. The summed E-state index contributed by atoms with van der Waals surface area (Å²) in [4.78, 5) is 0. The summed E-state index contributed by atoms with van der Waals surface area (Å²) in [6.45, 7) is 5.63. The molecule has 0 bridgehead atoms. The van der Waals surface area contributed by atoms with Crippen LogP contribution in [0.5, 0.6) is 0 Å². The minimum Gasteiger partial charge on any atom is -0.372 e. The molecular formula is C28H24O. The SMILES string of the molecule is Cc1ccc(-c2cc3c(c(-c4ccccc4)c2-c2ccc(C)cc2)COC3)cc1. The van der Waals surface area contributed by atoms with E-state index >= 15 is 0 Å². The zero-order valence-corrected chi connectivity index (χ0v) is 16.9. The third-order valence-electron chi connectivity index (χ3n) is 5.80. The standard InChI is InChI=1S/C28H24O/c1-19-8-12-21(13-9-19)25-16-24-17-29-18-26(24)28(22-6-4-3-5-7-22)27(25)23-14-10-20(2)11-15-23/h3-16H,17-18H2,1-2H3. The molecule has 0 saturated carbocycles. The summed E-state index contributed by atoms with van der Waals surface area (Å²) < 4.78 is 5.90. The first-order chi connectivity index (χ1) is 14.2. The number of ether oxygens (including phenoxy) is 1. The van der Waals surface area contributed by atoms with Crippen molar-refractivity contribution in [3.05, 3.63) is 107 Å². The largest absolute Gasteiger partial charge is 0.372 e. The van der Waals surface area contributed by atoms with Crippen molar-refractivity contribution in [3.63, 3.8) is 0 Å². The normalized spacial score (nSPS) is 12.8. The average Bonchev–Trinajstić information content (AvgIpc) is 3.23. The van der Waals surface area contributed by atoms with Crippen molar-refractivity contribution >= 4 is 0 Å². The molecule has 0 spiro atoms. The third-order valence-corrected chi connectivity index (χ3v) is 5.80. The fraction of sp³-hybridized carbons (Fsp3) is 0.143. The summed E-state index contributed by atoms with van der Waals surface area (Å²) in [5.41, 5.74) is 12.8. The van der Waals surface area contributed by atoms with Crippen molar-refractivity contribution in [2.24, 2.45) is 0 Å². The van der Waals surface area contributed by atoms with Gasteiger partial charge in [-0.1, -0.05) is 90.0 Å². The second-order valence-electron chi connectivity index (χ2n) is 7.90. The molecule has 0 radical (unpaired) electrons. The van der Waals surface area contributed by atoms with Crippen LogP contribution >= 0.6 is 0 Å². The molecule has 29 heavy (non-hydrogen) atoms. The Hall–Kier alpha value is -3.16. The summed E-state index contributed by atoms with van der Waals surface area (Å²) in [5.74, 6) is 0. The van der Waals surface area contributed by atoms with Crippen LogP contribution in [0.3, 0.4) is 0 Å². The van der Waals surface area contributed by atoms with Crippen molar-refractivity contribution in [3.8, 4) is 33.4 Å². The molecule has 0 unspecified atom stereocenters. The van der Waals surface area contributed by atoms with E-state index in [0.29, 0.717) is 13.2 Å². The van der Waals surface area contributed by atoms with E-state index in [1.54, 1.807) is 0 Å². The fourth-order valence-electron chi connectivity index (χ4n) is 4.24. The second-order valence-corrected chi connectivity index (χ2v) is 7.90. The molecule has 1 aliphatic heterocycles. The maximum Gasteiger partial charge on any atom is 0.0731 e. The summed E-state index contributed by atoms with van der Waals surface area (Å²) in [6, 6.07) is 30.8. The molecule has 4 aromatic carbocycles. The van der Waals surface area contributed by atoms with Gasteiger partial charge in [0.2, 0.25) is 0 Å². The van der Waals surface area contributed by atoms with Crippen LogP contribution in [0.4, 0.5) is 0 Å². The Balaban J connectivity index is 1.88. The highest BCUT2D eigenvalue weighted by Crippen LogP contribution is 2.45. The second kappa shape index (κ2) is 7.35. The Morgan fingerprint density at radius 3 is 1.83 bits per heavy atom. The lowest BCUT2D eigenvalue weighted by Crippen LogP contribution is -1.97. The molecule has 1 nitrogen and oxygen atoms in total. The van der Waals surface area contributed by atoms with Crippen LogP contribution in [0.2, 0.25) is 0 Å². The lowest BCUT2D eigenvalue weighted by Gasteiger charge is -2.20. The van der Waals surface area contributed by atoms with E-state index in [2.05, 4.69) is 98.8 Å². The highest BCUT2D eigenvalue weighted by Gasteiger charge is 2.24. The van der Waals surface area contributed by atoms with Gasteiger partial charge in [0.05, 0.1) is 13.2 Å². The van der Waals surface area contributed by atoms with E-state index in [4.69, 9.17) is 4.74 Å². The van der Waals surface area contributed by atoms with Crippen molar-refractivity contribution in [2.75, 3.05) is 0 Å². The van der Waals surface area contributed by atoms with Gasteiger partial charge < -0.3 is 4.74 Å². The quantitative estimate of drug-likeness (QED) is 0.363. The number of rotatable bonds is 3. The van der Waals surface area contributed by atoms with E-state index in [1.165, 1.54) is 55.6 Å². The van der Waals surface area contributed by atoms with E-state index in [9.17, 15) is 0 Å². The molecule has 0 N–H and O–H groups in total. The first-order valence-electron chi connectivity index (χ1n) is 10.2. The molecule has 1 heterocycles. The Morgan fingerprint density at radius 1 is 0.586 bits per heavy atom. The zero-order valence-electron chi connectivity index (χ0n) is 16.9. The molecule has 1 heteroatoms. The van der Waals surface area contributed by atoms with Crippen molar-refractivity contribution in [1.82, 2.24) is 0 Å². The van der Waals surface area contributed by atoms with Crippen molar-refractivity contribution < 1.29 is 4.74 Å². The maximum absolute atomic E-state index is 5.90. The third kappa shape index (κ3) is 3.28. The molecule has 4 aromatic rings. The maximum atomic E-state index is 5.90. The van der Waals surface area contributed by atoms with E-state index in [-0.39, 0.29) is 0 Å². The Bertz CT molecular complexity index is 1150. The predicted molar refractivity (Wildman–Crippen MR) is 121 cm³/mol. The van der Waals surface area contributed by atoms with E-state index in [0.717, 1.165) is 0 Å². The van der Waals surface area contributed by atoms with Gasteiger partial charge in [0.25, 0.3) is 0 Å². The van der Waals surface area contributed by atoms with Crippen LogP contribution in [0.25, 0.3) is 33.4 Å². The monoisotopic (exact) mass is 376 g/mol. The van der Waals surface area contributed by atoms with Gasteiger partial charge in [-0.05, 0) is 64.4 Å². The van der Waals surface area contributed by atoms with Crippen molar-refractivity contribution in [2.45, 2.75) is 27.1 Å². The van der Waals surface area contributed by atoms with Gasteiger partial charge in [-0.25, -0.2) is 0 Å². The summed E-state index contributed by atoms with van der Waals surface area (Å²) in [7, 11) is 0. The Kier molecular flexibility index (Phi) is 4.54. The lowest BCUT2D eigenvalue weighted by molar-refractivity contribution is 0.134. The van der Waals surface area contributed by atoms with Crippen LogP contribution in [0.1, 0.15) is 22.3 Å². The molecule has 1 aliphatic rings. The number of fused-ring (bicyclic) bond motifs is 1. The minimum absolute atomic E-state index is 0.673. The molecule has 0 fully saturated rings. The number of hydrogen-bond acceptors (Lipinski definition) is 1. The number of hydrogen-bond donors (Lipinski definition) is 0. The van der Waals surface area contributed by atoms with Crippen LogP contribution < -0.4 is 0 Å². The predicted octanol–water partition coefficient (Wildman–Crippen LogP) is 7.33. The van der Waals surface area contributed by atoms with E-state index < -0.39 is 0 Å². The molecule has 0 amide bonds. The molecule has 142 valence electrons. The number of benzene rings is 4. The highest BCUT2D eigenvalue weighted by molar-refractivity contribution is 5.97. The summed E-state index contributed by atoms with van der Waals surface area (Å²) in [5, 5.41) is 0. The summed E-state index contributed by atoms with van der Waals surface area (Å²) in [6.07, 6.45) is 0. The average molecular weight is 376 g/mol. The van der Waals surface area contributed by atoms with Gasteiger partial charge in [0, 0.05) is 0 Å². The van der Waals surface area contributed by atoms with Crippen molar-refractivity contribution in [1.29, 1.82) is 0 Å². The van der Waals surface area contributed by atoms with E-state index in [1.807, 2.05) is 0 Å². The van der Waals surface area contributed by atoms with Gasteiger partial charge in [0.15, 0.2) is 0 Å². The van der Waals surface area contributed by atoms with Gasteiger partial charge in [-0.2, -0.15) is 0 Å². The first kappa shape index (κ1) is 17.9. The number of aryl methyl sites for hydroxylation is 2. The minimum atomic E-state index is 0.673. The van der Waals surface area contributed by atoms with Crippen LogP contribution in [0.15, 0.2) is 84.9 Å². The van der Waals surface area contributed by atoms with Crippen LogP contribution in [0, 0.1) is 13.8 Å². The lowest BCUT2D eigenvalue weighted by atomic mass is 9.83. The first-order valence-corrected chi connectivity index (χ1v) is 10.2. The fourth-order valence-corrected chi connectivity index (χ4v) is 4.24. The molecule has 0 atom stereocenters. The van der Waals surface area contributed by atoms with Gasteiger partial charge in [-0.3, -0.25) is 0 Å². The van der Waals surface area contributed by atoms with Gasteiger partial charge >= 0.3 is 0 Å². The highest BCUT2D eigenvalue weighted by atomic mass is 16.5. The summed E-state index contributed by atoms with van der Waals surface area (Å²) >= 11 is 0. The Labute approximate surface area is 172 Å². The smallest absolute Gasteiger partial charge is 0.0731 e. The van der Waals surface area contributed by atoms with Crippen LogP contribution in [-0.2, 0) is 18.0 Å². The molecule has 0 aliphatic carbocycles. The molecule has 0 saturated heterocycles. The molecule has 0 aromatic heterocycles. The zero-order chi connectivity index (χ0) is 19.8.